The zero-order valence-electron chi connectivity index (χ0n) is 17.3. The van der Waals surface area contributed by atoms with Crippen molar-refractivity contribution in [3.05, 3.63) is 23.8 Å². The van der Waals surface area contributed by atoms with Gasteiger partial charge in [-0.15, -0.1) is 0 Å². The molecular formula is C21H28N2O7. The Morgan fingerprint density at radius 3 is 2.57 bits per heavy atom. The zero-order chi connectivity index (χ0) is 21.5. The number of morpholine rings is 1. The maximum Gasteiger partial charge on any atom is 0.338 e. The molecule has 1 saturated carbocycles. The number of ether oxygens (including phenoxy) is 4. The van der Waals surface area contributed by atoms with E-state index in [0.717, 1.165) is 12.8 Å². The second-order valence-electron chi connectivity index (χ2n) is 7.42. The molecule has 30 heavy (non-hydrogen) atoms. The van der Waals surface area contributed by atoms with Crippen LogP contribution in [0.15, 0.2) is 18.2 Å². The van der Waals surface area contributed by atoms with E-state index < -0.39 is 5.97 Å². The summed E-state index contributed by atoms with van der Waals surface area (Å²) in [6.07, 6.45) is 2.24. The van der Waals surface area contributed by atoms with Crippen molar-refractivity contribution in [3.63, 3.8) is 0 Å². The van der Waals surface area contributed by atoms with Gasteiger partial charge in [-0.25, -0.2) is 4.79 Å². The van der Waals surface area contributed by atoms with E-state index in [9.17, 15) is 14.4 Å². The molecule has 2 amide bonds. The van der Waals surface area contributed by atoms with E-state index in [4.69, 9.17) is 18.9 Å². The van der Waals surface area contributed by atoms with E-state index in [0.29, 0.717) is 43.7 Å². The van der Waals surface area contributed by atoms with E-state index in [2.05, 4.69) is 5.32 Å². The van der Waals surface area contributed by atoms with E-state index in [1.807, 2.05) is 6.92 Å². The van der Waals surface area contributed by atoms with Crippen molar-refractivity contribution < 1.29 is 33.3 Å². The monoisotopic (exact) mass is 420 g/mol. The van der Waals surface area contributed by atoms with Gasteiger partial charge in [-0.2, -0.15) is 0 Å². The van der Waals surface area contributed by atoms with Crippen molar-refractivity contribution in [2.45, 2.75) is 25.8 Å². The highest BCUT2D eigenvalue weighted by Crippen LogP contribution is 2.32. The predicted octanol–water partition coefficient (Wildman–Crippen LogP) is 1.00. The number of carbonyl (C=O) groups excluding carboxylic acids is 3. The van der Waals surface area contributed by atoms with Gasteiger partial charge >= 0.3 is 5.97 Å². The minimum absolute atomic E-state index is 0.0906. The summed E-state index contributed by atoms with van der Waals surface area (Å²) in [5, 5.41) is 2.83. The Bertz CT molecular complexity index is 773. The molecule has 1 N–H and O–H groups in total. The number of hydrogen-bond donors (Lipinski definition) is 1. The van der Waals surface area contributed by atoms with Gasteiger partial charge in [0.15, 0.2) is 24.7 Å². The van der Waals surface area contributed by atoms with E-state index in [1.165, 1.54) is 25.3 Å². The summed E-state index contributed by atoms with van der Waals surface area (Å²) in [6, 6.07) is 4.59. The smallest absolute Gasteiger partial charge is 0.338 e. The lowest BCUT2D eigenvalue weighted by molar-refractivity contribution is -0.137. The van der Waals surface area contributed by atoms with Crippen LogP contribution in [-0.2, 0) is 19.1 Å². The molecule has 1 atom stereocenters. The Morgan fingerprint density at radius 1 is 1.17 bits per heavy atom. The van der Waals surface area contributed by atoms with Gasteiger partial charge in [0.25, 0.3) is 11.8 Å². The Kier molecular flexibility index (Phi) is 7.51. The van der Waals surface area contributed by atoms with Crippen molar-refractivity contribution in [2.75, 3.05) is 46.6 Å². The van der Waals surface area contributed by atoms with Gasteiger partial charge in [-0.1, -0.05) is 0 Å². The van der Waals surface area contributed by atoms with Crippen molar-refractivity contribution in [1.29, 1.82) is 0 Å². The molecular weight excluding hydrogens is 392 g/mol. The van der Waals surface area contributed by atoms with E-state index in [1.54, 1.807) is 4.90 Å². The first-order valence-corrected chi connectivity index (χ1v) is 10.1. The Labute approximate surface area is 175 Å². The number of rotatable bonds is 9. The topological polar surface area (TPSA) is 103 Å². The molecule has 2 fully saturated rings. The molecule has 1 heterocycles. The third kappa shape index (κ3) is 6.09. The summed E-state index contributed by atoms with van der Waals surface area (Å²) in [6.45, 7) is 3.58. The molecule has 0 bridgehead atoms. The van der Waals surface area contributed by atoms with E-state index >= 15 is 0 Å². The number of methoxy groups -OCH3 is 1. The SMILES string of the molecule is COc1cc(C(=O)OCC(=O)N[C@H](C)C2CC2)ccc1OCC(=O)N1CCOCC1. The normalized spacial score (nSPS) is 17.1. The summed E-state index contributed by atoms with van der Waals surface area (Å²) < 4.78 is 21.2. The average molecular weight is 420 g/mol. The number of carbonyl (C=O) groups is 3. The third-order valence-corrected chi connectivity index (χ3v) is 5.17. The molecule has 9 heteroatoms. The fourth-order valence-corrected chi connectivity index (χ4v) is 3.18. The second kappa shape index (κ2) is 10.3. The summed E-state index contributed by atoms with van der Waals surface area (Å²) >= 11 is 0. The Morgan fingerprint density at radius 2 is 1.90 bits per heavy atom. The molecule has 164 valence electrons. The molecule has 1 aliphatic carbocycles. The first kappa shape index (κ1) is 21.9. The summed E-state index contributed by atoms with van der Waals surface area (Å²) in [5.74, 6) is 0.0549. The number of amides is 2. The van der Waals surface area contributed by atoms with Crippen LogP contribution in [0.3, 0.4) is 0 Å². The van der Waals surface area contributed by atoms with Crippen LogP contribution in [0.25, 0.3) is 0 Å². The van der Waals surface area contributed by atoms with Crippen molar-refractivity contribution >= 4 is 17.8 Å². The minimum Gasteiger partial charge on any atom is -0.493 e. The highest BCUT2D eigenvalue weighted by molar-refractivity contribution is 5.92. The third-order valence-electron chi connectivity index (χ3n) is 5.17. The Balaban J connectivity index is 1.50. The summed E-state index contributed by atoms with van der Waals surface area (Å²) in [7, 11) is 1.44. The quantitative estimate of drug-likeness (QED) is 0.595. The molecule has 0 spiro atoms. The molecule has 2 aliphatic rings. The van der Waals surface area contributed by atoms with Crippen LogP contribution in [0, 0.1) is 5.92 Å². The maximum absolute atomic E-state index is 12.3. The van der Waals surface area contributed by atoms with Crippen molar-refractivity contribution in [3.8, 4) is 11.5 Å². The number of benzene rings is 1. The molecule has 1 aromatic carbocycles. The lowest BCUT2D eigenvalue weighted by atomic mass is 10.2. The van der Waals surface area contributed by atoms with Gasteiger partial charge in [-0.3, -0.25) is 9.59 Å². The van der Waals surface area contributed by atoms with Crippen LogP contribution in [0.1, 0.15) is 30.1 Å². The largest absolute Gasteiger partial charge is 0.493 e. The molecule has 0 aromatic heterocycles. The molecule has 1 aliphatic heterocycles. The van der Waals surface area contributed by atoms with Crippen LogP contribution < -0.4 is 14.8 Å². The summed E-state index contributed by atoms with van der Waals surface area (Å²) in [5.41, 5.74) is 0.224. The van der Waals surface area contributed by atoms with Crippen LogP contribution in [0.4, 0.5) is 0 Å². The highest BCUT2D eigenvalue weighted by Gasteiger charge is 2.29. The van der Waals surface area contributed by atoms with Crippen molar-refractivity contribution in [2.24, 2.45) is 5.92 Å². The van der Waals surface area contributed by atoms with Gasteiger partial charge in [-0.05, 0) is 43.9 Å². The number of hydrogen-bond acceptors (Lipinski definition) is 7. The number of esters is 1. The molecule has 1 saturated heterocycles. The molecule has 0 radical (unpaired) electrons. The van der Waals surface area contributed by atoms with Gasteiger partial charge < -0.3 is 29.2 Å². The molecule has 1 aromatic rings. The standard InChI is InChI=1S/C21H28N2O7/c1-14(15-3-4-15)22-19(24)12-30-21(26)16-5-6-17(18(11-16)27-2)29-13-20(25)23-7-9-28-10-8-23/h5-6,11,14-15H,3-4,7-10,12-13H2,1-2H3,(H,22,24)/t14-/m1/s1. The Hall–Kier alpha value is -2.81. The van der Waals surface area contributed by atoms with Crippen molar-refractivity contribution in [1.82, 2.24) is 10.2 Å². The lowest BCUT2D eigenvalue weighted by Crippen LogP contribution is -2.43. The molecule has 0 unspecified atom stereocenters. The van der Waals surface area contributed by atoms with Gasteiger partial charge in [0.2, 0.25) is 0 Å². The van der Waals surface area contributed by atoms with E-state index in [-0.39, 0.29) is 36.6 Å². The zero-order valence-corrected chi connectivity index (χ0v) is 17.3. The highest BCUT2D eigenvalue weighted by atomic mass is 16.5. The second-order valence-corrected chi connectivity index (χ2v) is 7.42. The molecule has 3 rings (SSSR count). The van der Waals surface area contributed by atoms with Gasteiger partial charge in [0, 0.05) is 19.1 Å². The average Bonchev–Trinajstić information content (AvgIpc) is 3.62. The fourth-order valence-electron chi connectivity index (χ4n) is 3.18. The number of nitrogens with one attached hydrogen (secondary N) is 1. The predicted molar refractivity (Wildman–Crippen MR) is 106 cm³/mol. The van der Waals surface area contributed by atoms with Gasteiger partial charge in [0.1, 0.15) is 0 Å². The first-order valence-electron chi connectivity index (χ1n) is 10.1. The van der Waals surface area contributed by atoms with Gasteiger partial charge in [0.05, 0.1) is 25.9 Å². The van der Waals surface area contributed by atoms with Crippen LogP contribution in [0.5, 0.6) is 11.5 Å². The fraction of sp³-hybridized carbons (Fsp3) is 0.571. The number of nitrogens with zero attached hydrogens (tertiary/aromatic N) is 1. The van der Waals surface area contributed by atoms with Crippen LogP contribution in [-0.4, -0.2) is 75.4 Å². The molecule has 9 nitrogen and oxygen atoms in total. The minimum atomic E-state index is -0.640. The lowest BCUT2D eigenvalue weighted by Gasteiger charge is -2.26. The van der Waals surface area contributed by atoms with Crippen LogP contribution >= 0.6 is 0 Å². The summed E-state index contributed by atoms with van der Waals surface area (Å²) in [4.78, 5) is 38.1. The maximum atomic E-state index is 12.3. The van der Waals surface area contributed by atoms with Crippen LogP contribution in [0.2, 0.25) is 0 Å². The first-order chi connectivity index (χ1) is 14.5.